The molecule has 2 rings (SSSR count). The van der Waals surface area contributed by atoms with E-state index in [0.29, 0.717) is 35.5 Å². The number of nitrogens with zero attached hydrogens (tertiary/aromatic N) is 1. The minimum Gasteiger partial charge on any atom is -0.356 e. The summed E-state index contributed by atoms with van der Waals surface area (Å²) in [6.45, 7) is 1.10. The van der Waals surface area contributed by atoms with Gasteiger partial charge in [-0.2, -0.15) is 0 Å². The maximum Gasteiger partial charge on any atom is 0.191 e. The van der Waals surface area contributed by atoms with E-state index < -0.39 is 9.84 Å². The Labute approximate surface area is 141 Å². The van der Waals surface area contributed by atoms with E-state index >= 15 is 0 Å². The van der Waals surface area contributed by atoms with E-state index in [1.807, 2.05) is 6.07 Å². The fourth-order valence-electron chi connectivity index (χ4n) is 2.34. The quantitative estimate of drug-likeness (QED) is 0.634. The fraction of sp³-hybridized carbons (Fsp3) is 0.500. The predicted molar refractivity (Wildman–Crippen MR) is 91.4 cm³/mol. The van der Waals surface area contributed by atoms with Crippen molar-refractivity contribution in [2.24, 2.45) is 10.9 Å². The Morgan fingerprint density at radius 3 is 2.73 bits per heavy atom. The van der Waals surface area contributed by atoms with Crippen molar-refractivity contribution in [2.75, 3.05) is 25.1 Å². The zero-order valence-corrected chi connectivity index (χ0v) is 14.6. The standard InChI is InChI=1S/C14H19Cl2N3O2S/c1-17-14(18-7-10-4-5-22(20,21)9-10)19-8-11-2-3-12(15)6-13(11)16/h2-3,6,10H,4-5,7-9H2,1H3,(H2,17,18,19). The molecule has 2 N–H and O–H groups in total. The van der Waals surface area contributed by atoms with E-state index in [9.17, 15) is 8.42 Å². The molecular formula is C14H19Cl2N3O2S. The van der Waals surface area contributed by atoms with Crippen molar-refractivity contribution in [3.8, 4) is 0 Å². The maximum absolute atomic E-state index is 11.4. The molecule has 8 heteroatoms. The molecule has 0 bridgehead atoms. The van der Waals surface area contributed by atoms with Gasteiger partial charge < -0.3 is 10.6 Å². The summed E-state index contributed by atoms with van der Waals surface area (Å²) in [6.07, 6.45) is 0.704. The smallest absolute Gasteiger partial charge is 0.191 e. The lowest BCUT2D eigenvalue weighted by molar-refractivity contribution is 0.567. The third kappa shape index (κ3) is 5.04. The molecule has 0 aromatic heterocycles. The Bertz CT molecular complexity index is 662. The summed E-state index contributed by atoms with van der Waals surface area (Å²) in [7, 11) is -1.17. The van der Waals surface area contributed by atoms with E-state index in [4.69, 9.17) is 23.2 Å². The Morgan fingerprint density at radius 1 is 1.36 bits per heavy atom. The molecule has 1 heterocycles. The molecule has 0 amide bonds. The van der Waals surface area contributed by atoms with Gasteiger partial charge >= 0.3 is 0 Å². The average molecular weight is 364 g/mol. The monoisotopic (exact) mass is 363 g/mol. The molecule has 1 aliphatic rings. The van der Waals surface area contributed by atoms with Crippen molar-refractivity contribution in [1.29, 1.82) is 0 Å². The zero-order chi connectivity index (χ0) is 16.2. The van der Waals surface area contributed by atoms with E-state index in [-0.39, 0.29) is 17.4 Å². The van der Waals surface area contributed by atoms with Crippen molar-refractivity contribution >= 4 is 39.0 Å². The Balaban J connectivity index is 1.83. The number of benzene rings is 1. The van der Waals surface area contributed by atoms with Gasteiger partial charge in [-0.1, -0.05) is 29.3 Å². The van der Waals surface area contributed by atoms with Crippen molar-refractivity contribution in [3.05, 3.63) is 33.8 Å². The predicted octanol–water partition coefficient (Wildman–Crippen LogP) is 2.09. The summed E-state index contributed by atoms with van der Waals surface area (Å²) in [5.41, 5.74) is 0.914. The maximum atomic E-state index is 11.4. The summed E-state index contributed by atoms with van der Waals surface area (Å²) in [4.78, 5) is 4.12. The van der Waals surface area contributed by atoms with Crippen molar-refractivity contribution in [2.45, 2.75) is 13.0 Å². The second kappa shape index (κ2) is 7.53. The summed E-state index contributed by atoms with van der Waals surface area (Å²) in [5, 5.41) is 7.50. The van der Waals surface area contributed by atoms with Gasteiger partial charge in [-0.3, -0.25) is 4.99 Å². The van der Waals surface area contributed by atoms with Gasteiger partial charge in [0.05, 0.1) is 11.5 Å². The molecule has 0 spiro atoms. The number of halogens is 2. The SMILES string of the molecule is CN=C(NCc1ccc(Cl)cc1Cl)NCC1CCS(=O)(=O)C1. The number of nitrogens with one attached hydrogen (secondary N) is 2. The molecule has 1 atom stereocenters. The van der Waals surface area contributed by atoms with Crippen molar-refractivity contribution < 1.29 is 8.42 Å². The van der Waals surface area contributed by atoms with Gasteiger partial charge in [0.15, 0.2) is 15.8 Å². The molecule has 1 aromatic carbocycles. The topological polar surface area (TPSA) is 70.6 Å². The number of guanidine groups is 1. The second-order valence-electron chi connectivity index (χ2n) is 5.31. The minimum absolute atomic E-state index is 0.141. The van der Waals surface area contributed by atoms with Gasteiger partial charge in [0, 0.05) is 30.2 Å². The van der Waals surface area contributed by atoms with Crippen LogP contribution in [0.4, 0.5) is 0 Å². The summed E-state index contributed by atoms with van der Waals surface area (Å²) in [5.74, 6) is 1.30. The molecule has 0 aliphatic carbocycles. The molecule has 1 unspecified atom stereocenters. The van der Waals surface area contributed by atoms with Crippen LogP contribution in [0.5, 0.6) is 0 Å². The van der Waals surface area contributed by atoms with Crippen LogP contribution in [0.15, 0.2) is 23.2 Å². The van der Waals surface area contributed by atoms with Gasteiger partial charge in [-0.05, 0) is 30.0 Å². The number of aliphatic imine (C=N–C) groups is 1. The third-order valence-corrected chi connectivity index (χ3v) is 5.99. The molecule has 0 saturated carbocycles. The number of hydrogen-bond donors (Lipinski definition) is 2. The van der Waals surface area contributed by atoms with Crippen LogP contribution in [-0.4, -0.2) is 39.5 Å². The van der Waals surface area contributed by atoms with Crippen molar-refractivity contribution in [3.63, 3.8) is 0 Å². The zero-order valence-electron chi connectivity index (χ0n) is 12.3. The fourth-order valence-corrected chi connectivity index (χ4v) is 4.68. The number of rotatable bonds is 4. The first-order valence-corrected chi connectivity index (χ1v) is 9.56. The summed E-state index contributed by atoms with van der Waals surface area (Å²) in [6, 6.07) is 5.33. The second-order valence-corrected chi connectivity index (χ2v) is 8.38. The molecule has 1 aliphatic heterocycles. The summed E-state index contributed by atoms with van der Waals surface area (Å²) >= 11 is 12.0. The molecule has 0 radical (unpaired) electrons. The largest absolute Gasteiger partial charge is 0.356 e. The van der Waals surface area contributed by atoms with E-state index in [1.54, 1.807) is 19.2 Å². The van der Waals surface area contributed by atoms with Gasteiger partial charge in [0.25, 0.3) is 0 Å². The first kappa shape index (κ1) is 17.4. The van der Waals surface area contributed by atoms with Gasteiger partial charge in [-0.25, -0.2) is 8.42 Å². The van der Waals surface area contributed by atoms with E-state index in [1.165, 1.54) is 0 Å². The van der Waals surface area contributed by atoms with Crippen LogP contribution >= 0.6 is 23.2 Å². The van der Waals surface area contributed by atoms with Gasteiger partial charge in [0.2, 0.25) is 0 Å². The Kier molecular flexibility index (Phi) is 5.94. The molecule has 1 saturated heterocycles. The summed E-state index contributed by atoms with van der Waals surface area (Å²) < 4.78 is 22.9. The highest BCUT2D eigenvalue weighted by molar-refractivity contribution is 7.91. The van der Waals surface area contributed by atoms with Gasteiger partial charge in [-0.15, -0.1) is 0 Å². The van der Waals surface area contributed by atoms with Crippen LogP contribution in [0.1, 0.15) is 12.0 Å². The third-order valence-electron chi connectivity index (χ3n) is 3.57. The van der Waals surface area contributed by atoms with Crippen molar-refractivity contribution in [1.82, 2.24) is 10.6 Å². The molecule has 22 heavy (non-hydrogen) atoms. The van der Waals surface area contributed by atoms with E-state index in [0.717, 1.165) is 5.56 Å². The Morgan fingerprint density at radius 2 is 2.14 bits per heavy atom. The Hall–Kier alpha value is -0.980. The van der Waals surface area contributed by atoms with Crippen LogP contribution < -0.4 is 10.6 Å². The highest BCUT2D eigenvalue weighted by Crippen LogP contribution is 2.20. The lowest BCUT2D eigenvalue weighted by Crippen LogP contribution is -2.39. The molecular weight excluding hydrogens is 345 g/mol. The van der Waals surface area contributed by atoms with Gasteiger partial charge in [0.1, 0.15) is 0 Å². The number of sulfone groups is 1. The van der Waals surface area contributed by atoms with Crippen LogP contribution in [0.25, 0.3) is 0 Å². The normalized spacial score (nSPS) is 20.9. The molecule has 1 fully saturated rings. The first-order valence-electron chi connectivity index (χ1n) is 6.98. The van der Waals surface area contributed by atoms with Crippen LogP contribution in [-0.2, 0) is 16.4 Å². The molecule has 5 nitrogen and oxygen atoms in total. The van der Waals surface area contributed by atoms with Crippen LogP contribution in [0, 0.1) is 5.92 Å². The van der Waals surface area contributed by atoms with Crippen LogP contribution in [0.2, 0.25) is 10.0 Å². The highest BCUT2D eigenvalue weighted by atomic mass is 35.5. The minimum atomic E-state index is -2.85. The average Bonchev–Trinajstić information content (AvgIpc) is 2.80. The molecule has 1 aromatic rings. The lowest BCUT2D eigenvalue weighted by atomic mass is 10.1. The van der Waals surface area contributed by atoms with Crippen LogP contribution in [0.3, 0.4) is 0 Å². The lowest BCUT2D eigenvalue weighted by Gasteiger charge is -2.15. The first-order chi connectivity index (χ1) is 10.4. The van der Waals surface area contributed by atoms with E-state index in [2.05, 4.69) is 15.6 Å². The number of hydrogen-bond acceptors (Lipinski definition) is 3. The highest BCUT2D eigenvalue weighted by Gasteiger charge is 2.27. The molecule has 122 valence electrons.